The van der Waals surface area contributed by atoms with Crippen LogP contribution in [0, 0.1) is 5.92 Å². The molecular formula is C16H23BrN2O2. The van der Waals surface area contributed by atoms with Gasteiger partial charge in [-0.2, -0.15) is 0 Å². The Kier molecular flexibility index (Phi) is 8.05. The minimum atomic E-state index is -0.0676. The van der Waals surface area contributed by atoms with Crippen LogP contribution in [-0.2, 0) is 9.59 Å². The van der Waals surface area contributed by atoms with Gasteiger partial charge in [-0.1, -0.05) is 42.3 Å². The smallest absolute Gasteiger partial charge is 0.224 e. The monoisotopic (exact) mass is 354 g/mol. The summed E-state index contributed by atoms with van der Waals surface area (Å²) in [4.78, 5) is 23.6. The molecule has 0 radical (unpaired) electrons. The molecule has 0 aliphatic carbocycles. The van der Waals surface area contributed by atoms with Gasteiger partial charge in [-0.3, -0.25) is 9.59 Å². The number of halogens is 1. The Morgan fingerprint density at radius 2 is 1.95 bits per heavy atom. The maximum Gasteiger partial charge on any atom is 0.224 e. The van der Waals surface area contributed by atoms with Crippen LogP contribution < -0.4 is 10.6 Å². The number of rotatable bonds is 8. The molecular weight excluding hydrogens is 332 g/mol. The number of unbranched alkanes of at least 4 members (excludes halogenated alkanes) is 1. The maximum absolute atomic E-state index is 11.9. The van der Waals surface area contributed by atoms with Gasteiger partial charge in [-0.15, -0.1) is 0 Å². The van der Waals surface area contributed by atoms with E-state index in [0.29, 0.717) is 19.4 Å². The lowest BCUT2D eigenvalue weighted by atomic mass is 10.0. The first-order valence-corrected chi connectivity index (χ1v) is 8.12. The van der Waals surface area contributed by atoms with Crippen molar-refractivity contribution in [3.05, 3.63) is 28.7 Å². The van der Waals surface area contributed by atoms with Gasteiger partial charge < -0.3 is 10.6 Å². The molecule has 0 spiro atoms. The zero-order valence-electron chi connectivity index (χ0n) is 12.6. The van der Waals surface area contributed by atoms with Crippen LogP contribution in [0.4, 0.5) is 5.69 Å². The highest BCUT2D eigenvalue weighted by molar-refractivity contribution is 9.10. The summed E-state index contributed by atoms with van der Waals surface area (Å²) >= 11 is 3.36. The van der Waals surface area contributed by atoms with E-state index in [9.17, 15) is 9.59 Å². The molecule has 1 aromatic rings. The zero-order chi connectivity index (χ0) is 15.7. The predicted octanol–water partition coefficient (Wildman–Crippen LogP) is 3.72. The summed E-state index contributed by atoms with van der Waals surface area (Å²) in [6, 6.07) is 7.45. The Balaban J connectivity index is 2.32. The van der Waals surface area contributed by atoms with Crippen molar-refractivity contribution in [1.82, 2.24) is 5.32 Å². The molecule has 2 amide bonds. The van der Waals surface area contributed by atoms with Crippen LogP contribution in [0.3, 0.4) is 0 Å². The van der Waals surface area contributed by atoms with Gasteiger partial charge in [0.1, 0.15) is 0 Å². The highest BCUT2D eigenvalue weighted by Crippen LogP contribution is 2.17. The molecule has 0 unspecified atom stereocenters. The molecule has 0 aliphatic rings. The summed E-state index contributed by atoms with van der Waals surface area (Å²) in [5.41, 5.74) is 0.758. The Labute approximate surface area is 134 Å². The minimum absolute atomic E-state index is 0.0196. The van der Waals surface area contributed by atoms with Gasteiger partial charge in [0.2, 0.25) is 11.8 Å². The second-order valence-corrected chi connectivity index (χ2v) is 6.19. The van der Waals surface area contributed by atoms with Gasteiger partial charge in [0.15, 0.2) is 0 Å². The molecule has 21 heavy (non-hydrogen) atoms. The van der Waals surface area contributed by atoms with Crippen molar-refractivity contribution in [3.8, 4) is 0 Å². The van der Waals surface area contributed by atoms with Gasteiger partial charge in [-0.05, 0) is 30.5 Å². The number of hydrogen-bond donors (Lipinski definition) is 2. The van der Waals surface area contributed by atoms with Crippen molar-refractivity contribution in [1.29, 1.82) is 0 Å². The van der Waals surface area contributed by atoms with Crippen LogP contribution in [0.1, 0.15) is 39.5 Å². The summed E-state index contributed by atoms with van der Waals surface area (Å²) in [6.07, 6.45) is 2.78. The highest BCUT2D eigenvalue weighted by atomic mass is 79.9. The summed E-state index contributed by atoms with van der Waals surface area (Å²) in [7, 11) is 0. The van der Waals surface area contributed by atoms with Gasteiger partial charge in [0, 0.05) is 29.5 Å². The molecule has 2 N–H and O–H groups in total. The van der Waals surface area contributed by atoms with Crippen molar-refractivity contribution in [2.24, 2.45) is 5.92 Å². The van der Waals surface area contributed by atoms with Crippen LogP contribution in [0.25, 0.3) is 0 Å². The molecule has 1 atom stereocenters. The molecule has 5 heteroatoms. The molecule has 1 rings (SSSR count). The first-order chi connectivity index (χ1) is 10.0. The standard InChI is InChI=1S/C16H23BrN2O2/c1-3-4-8-18-15(20)9-12(2)10-16(21)19-14-7-5-6-13(17)11-14/h5-7,11-12H,3-4,8-10H2,1-2H3,(H,18,20)(H,19,21)/t12-/m1/s1. The fraction of sp³-hybridized carbons (Fsp3) is 0.500. The van der Waals surface area contributed by atoms with E-state index < -0.39 is 0 Å². The van der Waals surface area contributed by atoms with Crippen LogP contribution >= 0.6 is 15.9 Å². The molecule has 0 aliphatic heterocycles. The molecule has 1 aromatic carbocycles. The predicted molar refractivity (Wildman–Crippen MR) is 89.1 cm³/mol. The van der Waals surface area contributed by atoms with Gasteiger partial charge in [0.25, 0.3) is 0 Å². The van der Waals surface area contributed by atoms with Crippen LogP contribution in [0.2, 0.25) is 0 Å². The molecule has 0 heterocycles. The van der Waals surface area contributed by atoms with Crippen LogP contribution in [0.5, 0.6) is 0 Å². The Bertz CT molecular complexity index is 477. The molecule has 116 valence electrons. The zero-order valence-corrected chi connectivity index (χ0v) is 14.2. The van der Waals surface area contributed by atoms with Crippen molar-refractivity contribution in [2.75, 3.05) is 11.9 Å². The Morgan fingerprint density at radius 3 is 2.62 bits per heavy atom. The fourth-order valence-electron chi connectivity index (χ4n) is 1.96. The van der Waals surface area contributed by atoms with Gasteiger partial charge in [0.05, 0.1) is 0 Å². The largest absolute Gasteiger partial charge is 0.356 e. The molecule has 0 saturated heterocycles. The second kappa shape index (κ2) is 9.55. The van der Waals surface area contributed by atoms with Crippen molar-refractivity contribution in [3.63, 3.8) is 0 Å². The fourth-order valence-corrected chi connectivity index (χ4v) is 2.36. The Morgan fingerprint density at radius 1 is 1.24 bits per heavy atom. The number of hydrogen-bond acceptors (Lipinski definition) is 2. The maximum atomic E-state index is 11.9. The minimum Gasteiger partial charge on any atom is -0.356 e. The van der Waals surface area contributed by atoms with Gasteiger partial charge >= 0.3 is 0 Å². The summed E-state index contributed by atoms with van der Waals surface area (Å²) in [5.74, 6) is -0.0213. The number of anilines is 1. The number of benzene rings is 1. The lowest BCUT2D eigenvalue weighted by molar-refractivity contribution is -0.122. The van der Waals surface area contributed by atoms with E-state index in [-0.39, 0.29) is 17.7 Å². The van der Waals surface area contributed by atoms with Crippen LogP contribution in [-0.4, -0.2) is 18.4 Å². The topological polar surface area (TPSA) is 58.2 Å². The third-order valence-electron chi connectivity index (χ3n) is 3.03. The lowest BCUT2D eigenvalue weighted by Gasteiger charge is -2.12. The third-order valence-corrected chi connectivity index (χ3v) is 3.52. The molecule has 0 fully saturated rings. The van der Waals surface area contributed by atoms with Crippen LogP contribution in [0.15, 0.2) is 28.7 Å². The molecule has 4 nitrogen and oxygen atoms in total. The van der Waals surface area contributed by atoms with Crippen molar-refractivity contribution >= 4 is 33.4 Å². The van der Waals surface area contributed by atoms with E-state index in [1.54, 1.807) is 0 Å². The second-order valence-electron chi connectivity index (χ2n) is 5.28. The summed E-state index contributed by atoms with van der Waals surface area (Å²) in [5, 5.41) is 5.71. The molecule has 0 bridgehead atoms. The van der Waals surface area contributed by atoms with Gasteiger partial charge in [-0.25, -0.2) is 0 Å². The average Bonchev–Trinajstić information content (AvgIpc) is 2.38. The van der Waals surface area contributed by atoms with E-state index in [0.717, 1.165) is 23.0 Å². The molecule has 0 saturated carbocycles. The van der Waals surface area contributed by atoms with E-state index >= 15 is 0 Å². The van der Waals surface area contributed by atoms with E-state index in [1.165, 1.54) is 0 Å². The number of nitrogens with one attached hydrogen (secondary N) is 2. The molecule has 0 aromatic heterocycles. The average molecular weight is 355 g/mol. The highest BCUT2D eigenvalue weighted by Gasteiger charge is 2.13. The van der Waals surface area contributed by atoms with Crippen molar-refractivity contribution in [2.45, 2.75) is 39.5 Å². The van der Waals surface area contributed by atoms with Crippen molar-refractivity contribution < 1.29 is 9.59 Å². The normalized spacial score (nSPS) is 11.8. The lowest BCUT2D eigenvalue weighted by Crippen LogP contribution is -2.27. The van der Waals surface area contributed by atoms with E-state index in [1.807, 2.05) is 31.2 Å². The SMILES string of the molecule is CCCCNC(=O)C[C@@H](C)CC(=O)Nc1cccc(Br)c1. The number of carbonyl (C=O) groups excluding carboxylic acids is 2. The number of carbonyl (C=O) groups is 2. The summed E-state index contributed by atoms with van der Waals surface area (Å²) in [6.45, 7) is 4.72. The summed E-state index contributed by atoms with van der Waals surface area (Å²) < 4.78 is 0.920. The first kappa shape index (κ1) is 17.7. The first-order valence-electron chi connectivity index (χ1n) is 7.33. The quantitative estimate of drug-likeness (QED) is 0.699. The van der Waals surface area contributed by atoms with E-state index in [2.05, 4.69) is 33.5 Å². The number of amides is 2. The third kappa shape index (κ3) is 7.85. The Hall–Kier alpha value is -1.36. The van der Waals surface area contributed by atoms with E-state index in [4.69, 9.17) is 0 Å².